The van der Waals surface area contributed by atoms with Crippen molar-refractivity contribution in [2.75, 3.05) is 11.9 Å². The Morgan fingerprint density at radius 1 is 1.19 bits per heavy atom. The van der Waals surface area contributed by atoms with Crippen LogP contribution < -0.4 is 16.2 Å². The first kappa shape index (κ1) is 20.1. The Morgan fingerprint density at radius 3 is 2.88 bits per heavy atom. The molecule has 2 N–H and O–H groups in total. The SMILES string of the molecule is CCn1c(=O)c2cnc(Nc3ccc4c(c3)CNCC4)nc2n1-c1ccnc(C(C)=O)c1. The number of rotatable bonds is 5. The molecular weight excluding hydrogens is 406 g/mol. The van der Waals surface area contributed by atoms with Crippen molar-refractivity contribution in [1.29, 1.82) is 0 Å². The molecule has 3 aromatic heterocycles. The van der Waals surface area contributed by atoms with Crippen LogP contribution in [0.3, 0.4) is 0 Å². The van der Waals surface area contributed by atoms with Gasteiger partial charge < -0.3 is 10.6 Å². The monoisotopic (exact) mass is 429 g/mol. The second-order valence-corrected chi connectivity index (χ2v) is 7.75. The summed E-state index contributed by atoms with van der Waals surface area (Å²) in [5.41, 5.74) is 4.74. The summed E-state index contributed by atoms with van der Waals surface area (Å²) in [4.78, 5) is 37.9. The summed E-state index contributed by atoms with van der Waals surface area (Å²) < 4.78 is 3.29. The van der Waals surface area contributed by atoms with Crippen LogP contribution >= 0.6 is 0 Å². The van der Waals surface area contributed by atoms with E-state index in [0.717, 1.165) is 25.2 Å². The van der Waals surface area contributed by atoms with Gasteiger partial charge in [-0.05, 0) is 55.3 Å². The van der Waals surface area contributed by atoms with Crippen LogP contribution in [0.5, 0.6) is 0 Å². The second-order valence-electron chi connectivity index (χ2n) is 7.75. The quantitative estimate of drug-likeness (QED) is 0.470. The van der Waals surface area contributed by atoms with Gasteiger partial charge in [-0.1, -0.05) is 6.07 Å². The zero-order valence-corrected chi connectivity index (χ0v) is 17.9. The molecule has 9 heteroatoms. The Morgan fingerprint density at radius 2 is 2.06 bits per heavy atom. The minimum atomic E-state index is -0.185. The number of ketones is 1. The van der Waals surface area contributed by atoms with Crippen LogP contribution in [-0.2, 0) is 19.5 Å². The number of benzene rings is 1. The summed E-state index contributed by atoms with van der Waals surface area (Å²) in [6.45, 7) is 5.62. The van der Waals surface area contributed by atoms with Gasteiger partial charge in [0.05, 0.1) is 5.69 Å². The van der Waals surface area contributed by atoms with Crippen molar-refractivity contribution in [1.82, 2.24) is 29.6 Å². The molecule has 1 aliphatic heterocycles. The molecule has 9 nitrogen and oxygen atoms in total. The average molecular weight is 429 g/mol. The number of Topliss-reactive ketones (excluding diaryl/α,β-unsaturated/α-hetero) is 1. The Hall–Kier alpha value is -3.85. The van der Waals surface area contributed by atoms with Crippen LogP contribution in [0.4, 0.5) is 11.6 Å². The number of fused-ring (bicyclic) bond motifs is 2. The second kappa shape index (κ2) is 8.01. The molecule has 4 aromatic rings. The molecule has 0 aliphatic carbocycles. The number of nitrogens with zero attached hydrogens (tertiary/aromatic N) is 5. The molecule has 32 heavy (non-hydrogen) atoms. The number of hydrogen-bond donors (Lipinski definition) is 2. The summed E-state index contributed by atoms with van der Waals surface area (Å²) in [6.07, 6.45) is 4.12. The van der Waals surface area contributed by atoms with E-state index in [1.807, 2.05) is 13.0 Å². The van der Waals surface area contributed by atoms with Crippen molar-refractivity contribution in [2.24, 2.45) is 0 Å². The van der Waals surface area contributed by atoms with E-state index in [1.54, 1.807) is 33.9 Å². The lowest BCUT2D eigenvalue weighted by Gasteiger charge is -2.18. The lowest BCUT2D eigenvalue weighted by Crippen LogP contribution is -2.23. The van der Waals surface area contributed by atoms with Gasteiger partial charge in [-0.15, -0.1) is 0 Å². The first-order chi connectivity index (χ1) is 15.5. The fourth-order valence-corrected chi connectivity index (χ4v) is 4.07. The highest BCUT2D eigenvalue weighted by atomic mass is 16.1. The van der Waals surface area contributed by atoms with E-state index in [4.69, 9.17) is 0 Å². The Labute approximate surface area is 184 Å². The molecule has 162 valence electrons. The van der Waals surface area contributed by atoms with Gasteiger partial charge in [-0.25, -0.2) is 14.3 Å². The number of anilines is 2. The van der Waals surface area contributed by atoms with Crippen LogP contribution in [0.1, 0.15) is 35.5 Å². The van der Waals surface area contributed by atoms with E-state index < -0.39 is 0 Å². The van der Waals surface area contributed by atoms with Gasteiger partial charge in [-0.3, -0.25) is 14.6 Å². The van der Waals surface area contributed by atoms with Crippen molar-refractivity contribution in [2.45, 2.75) is 33.4 Å². The molecule has 4 heterocycles. The minimum Gasteiger partial charge on any atom is -0.324 e. The normalized spacial score (nSPS) is 13.2. The molecule has 1 aliphatic rings. The average Bonchev–Trinajstić information content (AvgIpc) is 3.10. The van der Waals surface area contributed by atoms with Gasteiger partial charge >= 0.3 is 0 Å². The number of carbonyl (C=O) groups is 1. The van der Waals surface area contributed by atoms with Gasteiger partial charge in [0.25, 0.3) is 5.56 Å². The molecule has 1 aromatic carbocycles. The van der Waals surface area contributed by atoms with E-state index in [0.29, 0.717) is 34.9 Å². The molecule has 0 amide bonds. The fraction of sp³-hybridized carbons (Fsp3) is 0.261. The van der Waals surface area contributed by atoms with Gasteiger partial charge in [0.15, 0.2) is 11.4 Å². The third-order valence-electron chi connectivity index (χ3n) is 5.67. The van der Waals surface area contributed by atoms with Crippen molar-refractivity contribution in [3.8, 4) is 5.69 Å². The van der Waals surface area contributed by atoms with E-state index in [2.05, 4.69) is 37.7 Å². The third-order valence-corrected chi connectivity index (χ3v) is 5.67. The molecular formula is C23H23N7O2. The van der Waals surface area contributed by atoms with E-state index >= 15 is 0 Å². The smallest absolute Gasteiger partial charge is 0.278 e. The van der Waals surface area contributed by atoms with Crippen LogP contribution in [0.25, 0.3) is 16.7 Å². The van der Waals surface area contributed by atoms with Crippen molar-refractivity contribution in [3.63, 3.8) is 0 Å². The first-order valence-corrected chi connectivity index (χ1v) is 10.6. The van der Waals surface area contributed by atoms with Crippen LogP contribution in [0.15, 0.2) is 47.5 Å². The molecule has 0 saturated heterocycles. The standard InChI is InChI=1S/C23H23N7O2/c1-3-29-22(32)19-13-26-23(27-17-5-4-15-6-8-24-12-16(15)10-17)28-21(19)30(29)18-7-9-25-20(11-18)14(2)31/h4-5,7,9-11,13,24H,3,6,8,12H2,1-2H3,(H,26,27,28). The topological polar surface area (TPSA) is 107 Å². The molecule has 0 unspecified atom stereocenters. The zero-order valence-electron chi connectivity index (χ0n) is 17.9. The maximum Gasteiger partial charge on any atom is 0.278 e. The largest absolute Gasteiger partial charge is 0.324 e. The van der Waals surface area contributed by atoms with Crippen molar-refractivity contribution >= 4 is 28.5 Å². The van der Waals surface area contributed by atoms with Crippen molar-refractivity contribution in [3.05, 3.63) is 69.9 Å². The maximum absolute atomic E-state index is 13.0. The van der Waals surface area contributed by atoms with E-state index in [-0.39, 0.29) is 11.3 Å². The Bertz CT molecular complexity index is 1400. The van der Waals surface area contributed by atoms with Crippen molar-refractivity contribution < 1.29 is 4.79 Å². The van der Waals surface area contributed by atoms with Gasteiger partial charge in [0, 0.05) is 38.1 Å². The summed E-state index contributed by atoms with van der Waals surface area (Å²) >= 11 is 0. The van der Waals surface area contributed by atoms with E-state index in [1.165, 1.54) is 18.1 Å². The highest BCUT2D eigenvalue weighted by Crippen LogP contribution is 2.22. The van der Waals surface area contributed by atoms with Gasteiger partial charge in [-0.2, -0.15) is 4.98 Å². The predicted molar refractivity (Wildman–Crippen MR) is 122 cm³/mol. The molecule has 0 radical (unpaired) electrons. The van der Waals surface area contributed by atoms with Gasteiger partial charge in [0.2, 0.25) is 5.95 Å². The summed E-state index contributed by atoms with van der Waals surface area (Å²) in [6, 6.07) is 9.66. The predicted octanol–water partition coefficient (Wildman–Crippen LogP) is 2.59. The summed E-state index contributed by atoms with van der Waals surface area (Å²) in [5.74, 6) is 0.247. The minimum absolute atomic E-state index is 0.146. The summed E-state index contributed by atoms with van der Waals surface area (Å²) in [7, 11) is 0. The first-order valence-electron chi connectivity index (χ1n) is 10.6. The van der Waals surface area contributed by atoms with Gasteiger partial charge in [0.1, 0.15) is 11.1 Å². The van der Waals surface area contributed by atoms with E-state index in [9.17, 15) is 9.59 Å². The Balaban J connectivity index is 1.60. The number of carbonyl (C=O) groups excluding carboxylic acids is 1. The number of hydrogen-bond acceptors (Lipinski definition) is 7. The number of aromatic nitrogens is 5. The molecule has 0 saturated carbocycles. The fourth-order valence-electron chi connectivity index (χ4n) is 4.07. The van der Waals surface area contributed by atoms with Crippen LogP contribution in [-0.4, -0.2) is 36.6 Å². The molecule has 0 bridgehead atoms. The number of pyridine rings is 1. The highest BCUT2D eigenvalue weighted by molar-refractivity contribution is 5.92. The third kappa shape index (κ3) is 3.46. The maximum atomic E-state index is 13.0. The van der Waals surface area contributed by atoms with Crippen LogP contribution in [0, 0.1) is 0 Å². The summed E-state index contributed by atoms with van der Waals surface area (Å²) in [5, 5.41) is 7.05. The molecule has 0 atom stereocenters. The number of nitrogens with one attached hydrogen (secondary N) is 2. The lowest BCUT2D eigenvalue weighted by molar-refractivity contribution is 0.101. The molecule has 0 fully saturated rings. The molecule has 5 rings (SSSR count). The molecule has 0 spiro atoms. The highest BCUT2D eigenvalue weighted by Gasteiger charge is 2.18. The lowest BCUT2D eigenvalue weighted by atomic mass is 10.0. The zero-order chi connectivity index (χ0) is 22.2. The Kier molecular flexibility index (Phi) is 5.02. The van der Waals surface area contributed by atoms with Crippen LogP contribution in [0.2, 0.25) is 0 Å².